The van der Waals surface area contributed by atoms with Crippen molar-refractivity contribution in [2.45, 2.75) is 6.42 Å². The molecule has 2 aromatic carbocycles. The second-order valence-electron chi connectivity index (χ2n) is 6.23. The number of amides is 1. The summed E-state index contributed by atoms with van der Waals surface area (Å²) in [5, 5.41) is 2.86. The summed E-state index contributed by atoms with van der Waals surface area (Å²) in [6.45, 7) is 1.44. The van der Waals surface area contributed by atoms with Gasteiger partial charge in [0.05, 0.1) is 6.26 Å². The van der Waals surface area contributed by atoms with E-state index < -0.39 is 10.0 Å². The minimum atomic E-state index is -3.29. The van der Waals surface area contributed by atoms with E-state index in [-0.39, 0.29) is 5.91 Å². The fourth-order valence-electron chi connectivity index (χ4n) is 2.45. The lowest BCUT2D eigenvalue weighted by molar-refractivity contribution is -0.116. The van der Waals surface area contributed by atoms with Gasteiger partial charge in [0.1, 0.15) is 0 Å². The summed E-state index contributed by atoms with van der Waals surface area (Å²) < 4.78 is 24.7. The van der Waals surface area contributed by atoms with Gasteiger partial charge in [-0.1, -0.05) is 30.3 Å². The third-order valence-corrected chi connectivity index (χ3v) is 4.41. The second-order valence-corrected chi connectivity index (χ2v) is 7.98. The standard InChI is InChI=1S/C20H25N3O3S/c1-23(19-7-4-3-5-8-19)16-6-15-21-20(24)14-11-17-9-12-18(13-10-17)22-27(2,25)26/h3-5,7-14,22H,6,15-16H2,1-2H3,(H,21,24)/b14-11+. The van der Waals surface area contributed by atoms with Crippen molar-refractivity contribution in [3.8, 4) is 0 Å². The SMILES string of the molecule is CN(CCCNC(=O)/C=C/c1ccc(NS(C)(=O)=O)cc1)c1ccccc1. The Labute approximate surface area is 161 Å². The average Bonchev–Trinajstić information content (AvgIpc) is 2.64. The molecule has 2 N–H and O–H groups in total. The zero-order valence-electron chi connectivity index (χ0n) is 15.6. The zero-order valence-corrected chi connectivity index (χ0v) is 16.4. The number of rotatable bonds is 9. The van der Waals surface area contributed by atoms with Gasteiger partial charge in [0, 0.05) is 37.6 Å². The summed E-state index contributed by atoms with van der Waals surface area (Å²) in [4.78, 5) is 14.0. The largest absolute Gasteiger partial charge is 0.375 e. The molecule has 0 aromatic heterocycles. The zero-order chi connectivity index (χ0) is 19.7. The molecule has 0 fully saturated rings. The molecule has 0 spiro atoms. The Morgan fingerprint density at radius 3 is 2.37 bits per heavy atom. The van der Waals surface area contributed by atoms with Gasteiger partial charge < -0.3 is 10.2 Å². The van der Waals surface area contributed by atoms with Gasteiger partial charge in [0.15, 0.2) is 0 Å². The van der Waals surface area contributed by atoms with Gasteiger partial charge in [-0.15, -0.1) is 0 Å². The number of hydrogen-bond donors (Lipinski definition) is 2. The summed E-state index contributed by atoms with van der Waals surface area (Å²) in [6.07, 6.45) is 5.11. The fourth-order valence-corrected chi connectivity index (χ4v) is 3.01. The molecular weight excluding hydrogens is 362 g/mol. The molecule has 2 rings (SSSR count). The number of para-hydroxylation sites is 1. The molecule has 0 saturated carbocycles. The maximum absolute atomic E-state index is 11.9. The van der Waals surface area contributed by atoms with Gasteiger partial charge in [-0.25, -0.2) is 8.42 Å². The smallest absolute Gasteiger partial charge is 0.244 e. The van der Waals surface area contributed by atoms with Gasteiger partial charge in [-0.2, -0.15) is 0 Å². The van der Waals surface area contributed by atoms with E-state index in [1.165, 1.54) is 6.08 Å². The number of anilines is 2. The van der Waals surface area contributed by atoms with Crippen molar-refractivity contribution in [1.29, 1.82) is 0 Å². The van der Waals surface area contributed by atoms with Crippen LogP contribution in [-0.4, -0.2) is 40.7 Å². The highest BCUT2D eigenvalue weighted by molar-refractivity contribution is 7.92. The number of carbonyl (C=O) groups excluding carboxylic acids is 1. The van der Waals surface area contributed by atoms with Gasteiger partial charge in [-0.3, -0.25) is 9.52 Å². The molecule has 0 radical (unpaired) electrons. The van der Waals surface area contributed by atoms with Crippen LogP contribution in [0.1, 0.15) is 12.0 Å². The summed E-state index contributed by atoms with van der Waals surface area (Å²) >= 11 is 0. The number of nitrogens with one attached hydrogen (secondary N) is 2. The minimum absolute atomic E-state index is 0.157. The molecule has 0 atom stereocenters. The van der Waals surface area contributed by atoms with E-state index in [1.54, 1.807) is 30.3 Å². The first-order valence-corrected chi connectivity index (χ1v) is 10.5. The molecule has 0 aliphatic rings. The van der Waals surface area contributed by atoms with Crippen LogP contribution in [0, 0.1) is 0 Å². The first-order chi connectivity index (χ1) is 12.8. The maximum Gasteiger partial charge on any atom is 0.244 e. The van der Waals surface area contributed by atoms with E-state index in [2.05, 4.69) is 27.1 Å². The van der Waals surface area contributed by atoms with Gasteiger partial charge in [0.2, 0.25) is 15.9 Å². The Morgan fingerprint density at radius 1 is 1.07 bits per heavy atom. The van der Waals surface area contributed by atoms with Crippen LogP contribution in [0.25, 0.3) is 6.08 Å². The van der Waals surface area contributed by atoms with Crippen LogP contribution in [0.3, 0.4) is 0 Å². The fraction of sp³-hybridized carbons (Fsp3) is 0.250. The molecule has 27 heavy (non-hydrogen) atoms. The predicted octanol–water partition coefficient (Wildman–Crippen LogP) is 2.71. The predicted molar refractivity (Wildman–Crippen MR) is 111 cm³/mol. The van der Waals surface area contributed by atoms with E-state index in [0.717, 1.165) is 30.5 Å². The van der Waals surface area contributed by atoms with Crippen LogP contribution in [0.5, 0.6) is 0 Å². The van der Waals surface area contributed by atoms with Gasteiger partial charge in [0.25, 0.3) is 0 Å². The lowest BCUT2D eigenvalue weighted by Gasteiger charge is -2.19. The number of sulfonamides is 1. The van der Waals surface area contributed by atoms with Crippen LogP contribution in [0.2, 0.25) is 0 Å². The Morgan fingerprint density at radius 2 is 1.74 bits per heavy atom. The summed E-state index contributed by atoms with van der Waals surface area (Å²) in [7, 11) is -1.26. The molecule has 6 nitrogen and oxygen atoms in total. The first kappa shape index (κ1) is 20.5. The van der Waals surface area contributed by atoms with Crippen LogP contribution in [0.15, 0.2) is 60.7 Å². The molecule has 0 unspecified atom stereocenters. The third-order valence-electron chi connectivity index (χ3n) is 3.81. The Balaban J connectivity index is 1.72. The van der Waals surface area contributed by atoms with Gasteiger partial charge in [-0.05, 0) is 42.3 Å². The van der Waals surface area contributed by atoms with Gasteiger partial charge >= 0.3 is 0 Å². The topological polar surface area (TPSA) is 78.5 Å². The summed E-state index contributed by atoms with van der Waals surface area (Å²) in [5.74, 6) is -0.157. The van der Waals surface area contributed by atoms with E-state index >= 15 is 0 Å². The lowest BCUT2D eigenvalue weighted by atomic mass is 10.2. The molecule has 2 aromatic rings. The first-order valence-electron chi connectivity index (χ1n) is 8.63. The van der Waals surface area contributed by atoms with Crippen LogP contribution < -0.4 is 14.9 Å². The monoisotopic (exact) mass is 387 g/mol. The molecule has 7 heteroatoms. The van der Waals surface area contributed by atoms with E-state index in [1.807, 2.05) is 25.2 Å². The van der Waals surface area contributed by atoms with Crippen molar-refractivity contribution in [2.24, 2.45) is 0 Å². The van der Waals surface area contributed by atoms with Crippen molar-refractivity contribution in [3.63, 3.8) is 0 Å². The van der Waals surface area contributed by atoms with E-state index in [0.29, 0.717) is 12.2 Å². The van der Waals surface area contributed by atoms with E-state index in [9.17, 15) is 13.2 Å². The molecule has 0 aliphatic heterocycles. The minimum Gasteiger partial charge on any atom is -0.375 e. The quantitative estimate of drug-likeness (QED) is 0.512. The van der Waals surface area contributed by atoms with Crippen molar-refractivity contribution in [2.75, 3.05) is 36.0 Å². The number of carbonyl (C=O) groups is 1. The molecule has 0 heterocycles. The van der Waals surface area contributed by atoms with Crippen molar-refractivity contribution in [3.05, 3.63) is 66.2 Å². The highest BCUT2D eigenvalue weighted by Crippen LogP contribution is 2.12. The molecule has 0 bridgehead atoms. The molecular formula is C20H25N3O3S. The number of nitrogens with zero attached hydrogens (tertiary/aromatic N) is 1. The Bertz CT molecular complexity index is 863. The van der Waals surface area contributed by atoms with Crippen LogP contribution in [-0.2, 0) is 14.8 Å². The molecule has 0 saturated heterocycles. The van der Waals surface area contributed by atoms with Crippen LogP contribution >= 0.6 is 0 Å². The Hall–Kier alpha value is -2.80. The van der Waals surface area contributed by atoms with E-state index in [4.69, 9.17) is 0 Å². The average molecular weight is 388 g/mol. The number of benzene rings is 2. The summed E-state index contributed by atoms with van der Waals surface area (Å²) in [5.41, 5.74) is 2.45. The molecule has 144 valence electrons. The molecule has 0 aliphatic carbocycles. The third kappa shape index (κ3) is 7.96. The summed E-state index contributed by atoms with van der Waals surface area (Å²) in [6, 6.07) is 16.9. The van der Waals surface area contributed by atoms with Crippen LogP contribution in [0.4, 0.5) is 11.4 Å². The Kier molecular flexibility index (Phi) is 7.43. The second kappa shape index (κ2) is 9.78. The van der Waals surface area contributed by atoms with Crippen molar-refractivity contribution in [1.82, 2.24) is 5.32 Å². The lowest BCUT2D eigenvalue weighted by Crippen LogP contribution is -2.26. The van der Waals surface area contributed by atoms with Crippen molar-refractivity contribution >= 4 is 33.4 Å². The molecule has 1 amide bonds. The normalized spacial score (nSPS) is 11.3. The van der Waals surface area contributed by atoms with Crippen molar-refractivity contribution < 1.29 is 13.2 Å². The highest BCUT2D eigenvalue weighted by atomic mass is 32.2. The number of hydrogen-bond acceptors (Lipinski definition) is 4. The highest BCUT2D eigenvalue weighted by Gasteiger charge is 2.02. The maximum atomic E-state index is 11.9.